The quantitative estimate of drug-likeness (QED) is 0.744. The molecule has 0 N–H and O–H groups in total. The maximum atomic E-state index is 11.8. The zero-order valence-electron chi connectivity index (χ0n) is 12.7. The van der Waals surface area contributed by atoms with Crippen LogP contribution < -0.4 is 0 Å². The lowest BCUT2D eigenvalue weighted by atomic mass is 9.99. The van der Waals surface area contributed by atoms with E-state index < -0.39 is 6.16 Å². The van der Waals surface area contributed by atoms with Gasteiger partial charge in [-0.3, -0.25) is 4.79 Å². The highest BCUT2D eigenvalue weighted by Crippen LogP contribution is 2.20. The second-order valence-corrected chi connectivity index (χ2v) is 5.51. The smallest absolute Gasteiger partial charge is 0.462 e. The Morgan fingerprint density at radius 3 is 2.70 bits per heavy atom. The highest BCUT2D eigenvalue weighted by molar-refractivity contribution is 5.72. The van der Waals surface area contributed by atoms with Crippen molar-refractivity contribution in [3.8, 4) is 0 Å². The summed E-state index contributed by atoms with van der Waals surface area (Å²) in [6, 6.07) is 0. The van der Waals surface area contributed by atoms with Crippen molar-refractivity contribution in [2.45, 2.75) is 71.5 Å². The molecule has 1 saturated heterocycles. The van der Waals surface area contributed by atoms with Crippen LogP contribution in [0.4, 0.5) is 4.79 Å². The molecule has 116 valence electrons. The molecule has 1 aliphatic rings. The van der Waals surface area contributed by atoms with Gasteiger partial charge in [0.15, 0.2) is 0 Å². The Morgan fingerprint density at radius 1 is 1.30 bits per heavy atom. The minimum absolute atomic E-state index is 0.0514. The van der Waals surface area contributed by atoms with Gasteiger partial charge in [-0.25, -0.2) is 4.79 Å². The van der Waals surface area contributed by atoms with Crippen molar-refractivity contribution < 1.29 is 23.8 Å². The number of hydrogen-bond donors (Lipinski definition) is 0. The first kappa shape index (κ1) is 16.8. The SMILES string of the molecule is CCCOC(=O)OC1CCCCC(C)C(=O)OC(C)C1. The van der Waals surface area contributed by atoms with E-state index in [1.54, 1.807) is 0 Å². The van der Waals surface area contributed by atoms with Crippen molar-refractivity contribution in [2.75, 3.05) is 6.61 Å². The van der Waals surface area contributed by atoms with Crippen molar-refractivity contribution in [3.05, 3.63) is 0 Å². The van der Waals surface area contributed by atoms with Crippen LogP contribution in [0.1, 0.15) is 59.3 Å². The third-order valence-corrected chi connectivity index (χ3v) is 3.41. The molecule has 0 aromatic rings. The Bertz CT molecular complexity index is 315. The lowest BCUT2D eigenvalue weighted by Gasteiger charge is -2.24. The lowest BCUT2D eigenvalue weighted by Crippen LogP contribution is -2.29. The van der Waals surface area contributed by atoms with Gasteiger partial charge in [-0.2, -0.15) is 0 Å². The van der Waals surface area contributed by atoms with Crippen molar-refractivity contribution in [3.63, 3.8) is 0 Å². The van der Waals surface area contributed by atoms with Gasteiger partial charge in [0.1, 0.15) is 12.2 Å². The normalized spacial score (nSPS) is 28.4. The van der Waals surface area contributed by atoms with Crippen molar-refractivity contribution in [1.29, 1.82) is 0 Å². The second kappa shape index (κ2) is 8.82. The molecule has 0 spiro atoms. The number of cyclic esters (lactones) is 1. The van der Waals surface area contributed by atoms with E-state index in [0.717, 1.165) is 32.1 Å². The number of esters is 1. The number of hydrogen-bond acceptors (Lipinski definition) is 5. The van der Waals surface area contributed by atoms with E-state index in [2.05, 4.69) is 0 Å². The van der Waals surface area contributed by atoms with Gasteiger partial charge < -0.3 is 14.2 Å². The molecule has 5 nitrogen and oxygen atoms in total. The van der Waals surface area contributed by atoms with Gasteiger partial charge in [0.05, 0.1) is 12.5 Å². The highest BCUT2D eigenvalue weighted by Gasteiger charge is 2.24. The molecule has 3 atom stereocenters. The molecule has 0 aliphatic carbocycles. The average molecular weight is 286 g/mol. The molecule has 0 saturated carbocycles. The van der Waals surface area contributed by atoms with Crippen molar-refractivity contribution in [1.82, 2.24) is 0 Å². The molecule has 0 amide bonds. The van der Waals surface area contributed by atoms with E-state index in [1.165, 1.54) is 0 Å². The minimum atomic E-state index is -0.624. The number of ether oxygens (including phenoxy) is 3. The molecule has 0 aromatic heterocycles. The van der Waals surface area contributed by atoms with Gasteiger partial charge in [-0.1, -0.05) is 20.3 Å². The summed E-state index contributed by atoms with van der Waals surface area (Å²) in [4.78, 5) is 23.3. The zero-order chi connectivity index (χ0) is 15.0. The van der Waals surface area contributed by atoms with Crippen LogP contribution in [0.5, 0.6) is 0 Å². The van der Waals surface area contributed by atoms with E-state index in [9.17, 15) is 9.59 Å². The van der Waals surface area contributed by atoms with E-state index in [1.807, 2.05) is 20.8 Å². The summed E-state index contributed by atoms with van der Waals surface area (Å²) in [6.07, 6.45) is 3.67. The van der Waals surface area contributed by atoms with Gasteiger partial charge in [0.25, 0.3) is 0 Å². The fraction of sp³-hybridized carbons (Fsp3) is 0.867. The average Bonchev–Trinajstić information content (AvgIpc) is 2.39. The van der Waals surface area contributed by atoms with Crippen LogP contribution in [0, 0.1) is 5.92 Å². The molecule has 0 bridgehead atoms. The van der Waals surface area contributed by atoms with E-state index in [-0.39, 0.29) is 24.1 Å². The third kappa shape index (κ3) is 6.26. The Labute approximate surface area is 121 Å². The van der Waals surface area contributed by atoms with Crippen LogP contribution in [-0.4, -0.2) is 30.9 Å². The van der Waals surface area contributed by atoms with Gasteiger partial charge in [-0.05, 0) is 32.6 Å². The lowest BCUT2D eigenvalue weighted by molar-refractivity contribution is -0.154. The summed E-state index contributed by atoms with van der Waals surface area (Å²) < 4.78 is 15.6. The van der Waals surface area contributed by atoms with Gasteiger partial charge in [0.2, 0.25) is 0 Å². The maximum Gasteiger partial charge on any atom is 0.508 e. The molecule has 1 fully saturated rings. The molecule has 1 heterocycles. The van der Waals surface area contributed by atoms with Crippen LogP contribution in [0.3, 0.4) is 0 Å². The molecule has 1 rings (SSSR count). The fourth-order valence-electron chi connectivity index (χ4n) is 2.25. The van der Waals surface area contributed by atoms with E-state index in [0.29, 0.717) is 13.0 Å². The van der Waals surface area contributed by atoms with Gasteiger partial charge in [-0.15, -0.1) is 0 Å². The minimum Gasteiger partial charge on any atom is -0.462 e. The third-order valence-electron chi connectivity index (χ3n) is 3.41. The van der Waals surface area contributed by atoms with Crippen LogP contribution in [-0.2, 0) is 19.0 Å². The first-order chi connectivity index (χ1) is 9.52. The van der Waals surface area contributed by atoms with Crippen molar-refractivity contribution >= 4 is 12.1 Å². The van der Waals surface area contributed by atoms with Gasteiger partial charge in [0, 0.05) is 6.42 Å². The Kier molecular flexibility index (Phi) is 7.41. The summed E-state index contributed by atoms with van der Waals surface area (Å²) in [5.41, 5.74) is 0. The van der Waals surface area contributed by atoms with Crippen LogP contribution >= 0.6 is 0 Å². The molecule has 5 heteroatoms. The van der Waals surface area contributed by atoms with Gasteiger partial charge >= 0.3 is 12.1 Å². The largest absolute Gasteiger partial charge is 0.508 e. The number of rotatable bonds is 3. The molecular formula is C15H26O5. The predicted octanol–water partition coefficient (Wildman–Crippen LogP) is 3.45. The Balaban J connectivity index is 2.49. The predicted molar refractivity (Wildman–Crippen MR) is 74.3 cm³/mol. The van der Waals surface area contributed by atoms with E-state index >= 15 is 0 Å². The fourth-order valence-corrected chi connectivity index (χ4v) is 2.25. The topological polar surface area (TPSA) is 61.8 Å². The zero-order valence-corrected chi connectivity index (χ0v) is 12.7. The Morgan fingerprint density at radius 2 is 2.00 bits per heavy atom. The maximum absolute atomic E-state index is 11.8. The van der Waals surface area contributed by atoms with Crippen LogP contribution in [0.2, 0.25) is 0 Å². The summed E-state index contributed by atoms with van der Waals surface area (Å²) in [5, 5.41) is 0. The molecule has 3 unspecified atom stereocenters. The molecule has 0 aromatic carbocycles. The van der Waals surface area contributed by atoms with E-state index in [4.69, 9.17) is 14.2 Å². The molecule has 20 heavy (non-hydrogen) atoms. The standard InChI is InChI=1S/C15H26O5/c1-4-9-18-15(17)20-13-8-6-5-7-11(2)14(16)19-12(3)10-13/h11-13H,4-10H2,1-3H3. The summed E-state index contributed by atoms with van der Waals surface area (Å²) >= 11 is 0. The number of carbonyl (C=O) groups is 2. The number of carbonyl (C=O) groups excluding carboxylic acids is 2. The summed E-state index contributed by atoms with van der Waals surface area (Å²) in [7, 11) is 0. The van der Waals surface area contributed by atoms with Crippen LogP contribution in [0.25, 0.3) is 0 Å². The van der Waals surface area contributed by atoms with Crippen molar-refractivity contribution in [2.24, 2.45) is 5.92 Å². The Hall–Kier alpha value is -1.26. The van der Waals surface area contributed by atoms with Crippen LogP contribution in [0.15, 0.2) is 0 Å². The second-order valence-electron chi connectivity index (χ2n) is 5.51. The highest BCUT2D eigenvalue weighted by atomic mass is 16.7. The monoisotopic (exact) mass is 286 g/mol. The molecule has 1 aliphatic heterocycles. The molecular weight excluding hydrogens is 260 g/mol. The first-order valence-corrected chi connectivity index (χ1v) is 7.56. The summed E-state index contributed by atoms with van der Waals surface area (Å²) in [6.45, 7) is 6.03. The molecule has 0 radical (unpaired) electrons. The first-order valence-electron chi connectivity index (χ1n) is 7.56. The summed E-state index contributed by atoms with van der Waals surface area (Å²) in [5.74, 6) is -0.212.